The molecule has 1 N–H and O–H groups in total. The fourth-order valence-corrected chi connectivity index (χ4v) is 4.68. The van der Waals surface area contributed by atoms with Gasteiger partial charge in [0.25, 0.3) is 5.56 Å². The molecule has 0 saturated heterocycles. The van der Waals surface area contributed by atoms with Crippen LogP contribution in [0.15, 0.2) is 28.2 Å². The van der Waals surface area contributed by atoms with Gasteiger partial charge in [0.1, 0.15) is 4.83 Å². The Balaban J connectivity index is 1.82. The predicted molar refractivity (Wildman–Crippen MR) is 110 cm³/mol. The van der Waals surface area contributed by atoms with Gasteiger partial charge in [0, 0.05) is 17.6 Å². The molecule has 0 fully saturated rings. The molecule has 0 bridgehead atoms. The number of fused-ring (bicyclic) bond motifs is 1. The molecule has 1 aromatic carbocycles. The van der Waals surface area contributed by atoms with Gasteiger partial charge >= 0.3 is 12.4 Å². The van der Waals surface area contributed by atoms with Gasteiger partial charge in [-0.1, -0.05) is 11.8 Å². The van der Waals surface area contributed by atoms with E-state index >= 15 is 0 Å². The average Bonchev–Trinajstić information content (AvgIpc) is 2.95. The number of thiophene rings is 1. The van der Waals surface area contributed by atoms with Crippen LogP contribution in [0.5, 0.6) is 0 Å². The largest absolute Gasteiger partial charge is 0.416 e. The first-order valence-electron chi connectivity index (χ1n) is 8.87. The van der Waals surface area contributed by atoms with E-state index in [1.54, 1.807) is 6.92 Å². The van der Waals surface area contributed by atoms with Crippen LogP contribution in [0.4, 0.5) is 32.0 Å². The lowest BCUT2D eigenvalue weighted by atomic mass is 10.1. The van der Waals surface area contributed by atoms with Gasteiger partial charge in [-0.05, 0) is 37.6 Å². The lowest BCUT2D eigenvalue weighted by molar-refractivity contribution is -0.143. The number of anilines is 1. The average molecular weight is 495 g/mol. The first-order chi connectivity index (χ1) is 14.7. The summed E-state index contributed by atoms with van der Waals surface area (Å²) in [5, 5.41) is 2.71. The van der Waals surface area contributed by atoms with Crippen molar-refractivity contribution in [2.45, 2.75) is 31.4 Å². The van der Waals surface area contributed by atoms with Crippen LogP contribution in [0, 0.1) is 13.8 Å². The minimum atomic E-state index is -5.02. The summed E-state index contributed by atoms with van der Waals surface area (Å²) < 4.78 is 79.0. The van der Waals surface area contributed by atoms with Crippen molar-refractivity contribution in [2.24, 2.45) is 7.05 Å². The Morgan fingerprint density at radius 3 is 2.19 bits per heavy atom. The van der Waals surface area contributed by atoms with Crippen LogP contribution in [0.2, 0.25) is 0 Å². The highest BCUT2D eigenvalue weighted by molar-refractivity contribution is 7.99. The number of halogens is 6. The maximum absolute atomic E-state index is 13.0. The number of rotatable bonds is 4. The molecule has 0 aliphatic heterocycles. The number of thioether (sulfide) groups is 1. The van der Waals surface area contributed by atoms with E-state index in [0.717, 1.165) is 22.2 Å². The van der Waals surface area contributed by atoms with Crippen LogP contribution in [-0.2, 0) is 24.2 Å². The smallest absolute Gasteiger partial charge is 0.325 e. The standard InChI is InChI=1S/C19H15F6N3O2S2/c1-8-9(2)32-15-14(8)16(30)28(3)17(27-15)31-7-13(29)26-12-5-10(18(20,21)22)4-11(6-12)19(23,24)25/h4-6H,7H2,1-3H3,(H,26,29). The van der Waals surface area contributed by atoms with E-state index in [2.05, 4.69) is 4.98 Å². The van der Waals surface area contributed by atoms with Crippen LogP contribution in [-0.4, -0.2) is 21.2 Å². The van der Waals surface area contributed by atoms with E-state index in [-0.39, 0.29) is 22.5 Å². The summed E-state index contributed by atoms with van der Waals surface area (Å²) in [5.41, 5.74) is -3.22. The molecule has 3 rings (SSSR count). The van der Waals surface area contributed by atoms with E-state index in [1.165, 1.54) is 23.0 Å². The highest BCUT2D eigenvalue weighted by Gasteiger charge is 2.37. The number of alkyl halides is 6. The molecule has 2 heterocycles. The van der Waals surface area contributed by atoms with E-state index in [0.29, 0.717) is 22.3 Å². The molecule has 5 nitrogen and oxygen atoms in total. The quantitative estimate of drug-likeness (QED) is 0.300. The summed E-state index contributed by atoms with van der Waals surface area (Å²) in [7, 11) is 1.46. The molecule has 0 atom stereocenters. The van der Waals surface area contributed by atoms with Gasteiger partial charge < -0.3 is 5.32 Å². The van der Waals surface area contributed by atoms with Crippen LogP contribution < -0.4 is 10.9 Å². The number of nitrogens with zero attached hydrogens (tertiary/aromatic N) is 2. The molecule has 0 aliphatic rings. The van der Waals surface area contributed by atoms with Gasteiger partial charge in [-0.15, -0.1) is 11.3 Å². The Kier molecular flexibility index (Phi) is 6.35. The molecular formula is C19H15F6N3O2S2. The third-order valence-electron chi connectivity index (χ3n) is 4.57. The Hall–Kier alpha value is -2.54. The molecule has 0 aliphatic carbocycles. The normalized spacial score (nSPS) is 12.4. The van der Waals surface area contributed by atoms with E-state index in [4.69, 9.17) is 0 Å². The number of carbonyl (C=O) groups is 1. The third-order valence-corrected chi connectivity index (χ3v) is 6.70. The summed E-state index contributed by atoms with van der Waals surface area (Å²) in [6, 6.07) is 0.828. The van der Waals surface area contributed by atoms with Crippen LogP contribution >= 0.6 is 23.1 Å². The second kappa shape index (κ2) is 8.43. The van der Waals surface area contributed by atoms with Crippen LogP contribution in [0.1, 0.15) is 21.6 Å². The SMILES string of the molecule is Cc1sc2nc(SCC(=O)Nc3cc(C(F)(F)F)cc(C(F)(F)F)c3)n(C)c(=O)c2c1C. The number of hydrogen-bond acceptors (Lipinski definition) is 5. The number of hydrogen-bond donors (Lipinski definition) is 1. The van der Waals surface area contributed by atoms with Crippen molar-refractivity contribution in [1.29, 1.82) is 0 Å². The molecule has 0 spiro atoms. The number of nitrogens with one attached hydrogen (secondary N) is 1. The van der Waals surface area contributed by atoms with Gasteiger partial charge in [-0.25, -0.2) is 4.98 Å². The molecule has 0 saturated carbocycles. The zero-order chi connectivity index (χ0) is 24.0. The molecule has 0 unspecified atom stereocenters. The fourth-order valence-electron chi connectivity index (χ4n) is 2.84. The number of aromatic nitrogens is 2. The molecule has 1 amide bonds. The Labute approximate surface area is 185 Å². The lowest BCUT2D eigenvalue weighted by Crippen LogP contribution is -2.21. The van der Waals surface area contributed by atoms with Gasteiger partial charge in [0.05, 0.1) is 22.3 Å². The second-order valence-corrected chi connectivity index (χ2v) is 9.00. The molecule has 0 radical (unpaired) electrons. The summed E-state index contributed by atoms with van der Waals surface area (Å²) in [6.45, 7) is 3.63. The van der Waals surface area contributed by atoms with E-state index in [9.17, 15) is 35.9 Å². The van der Waals surface area contributed by atoms with Gasteiger partial charge in [0.15, 0.2) is 5.16 Å². The lowest BCUT2D eigenvalue weighted by Gasteiger charge is -2.15. The van der Waals surface area contributed by atoms with Crippen molar-refractivity contribution in [1.82, 2.24) is 9.55 Å². The highest BCUT2D eigenvalue weighted by atomic mass is 32.2. The zero-order valence-electron chi connectivity index (χ0n) is 16.7. The molecule has 172 valence electrons. The summed E-state index contributed by atoms with van der Waals surface area (Å²) in [6.07, 6.45) is -10.0. The molecule has 32 heavy (non-hydrogen) atoms. The van der Waals surface area contributed by atoms with Crippen LogP contribution in [0.3, 0.4) is 0 Å². The maximum Gasteiger partial charge on any atom is 0.416 e. The summed E-state index contributed by atoms with van der Waals surface area (Å²) in [4.78, 5) is 30.6. The number of aryl methyl sites for hydroxylation is 2. The van der Waals surface area contributed by atoms with E-state index < -0.39 is 35.1 Å². The second-order valence-electron chi connectivity index (χ2n) is 6.85. The van der Waals surface area contributed by atoms with Crippen molar-refractivity contribution in [2.75, 3.05) is 11.1 Å². The molecule has 3 aromatic rings. The van der Waals surface area contributed by atoms with Gasteiger partial charge in [-0.2, -0.15) is 26.3 Å². The highest BCUT2D eigenvalue weighted by Crippen LogP contribution is 2.37. The van der Waals surface area contributed by atoms with Crippen molar-refractivity contribution in [3.8, 4) is 0 Å². The molecule has 13 heteroatoms. The van der Waals surface area contributed by atoms with E-state index in [1.807, 2.05) is 12.2 Å². The topological polar surface area (TPSA) is 64.0 Å². The van der Waals surface area contributed by atoms with Gasteiger partial charge in [-0.3, -0.25) is 14.2 Å². The fraction of sp³-hybridized carbons (Fsp3) is 0.316. The predicted octanol–water partition coefficient (Wildman–Crippen LogP) is 5.38. The Morgan fingerprint density at radius 1 is 1.09 bits per heavy atom. The number of benzene rings is 1. The zero-order valence-corrected chi connectivity index (χ0v) is 18.4. The van der Waals surface area contributed by atoms with Crippen molar-refractivity contribution >= 4 is 44.9 Å². The Morgan fingerprint density at radius 2 is 1.66 bits per heavy atom. The Bertz CT molecular complexity index is 1230. The van der Waals surface area contributed by atoms with Crippen molar-refractivity contribution in [3.05, 3.63) is 50.1 Å². The third kappa shape index (κ3) is 4.93. The first kappa shape index (κ1) is 24.1. The van der Waals surface area contributed by atoms with Crippen molar-refractivity contribution in [3.63, 3.8) is 0 Å². The molecule has 2 aromatic heterocycles. The van der Waals surface area contributed by atoms with Crippen LogP contribution in [0.25, 0.3) is 10.2 Å². The monoisotopic (exact) mass is 495 g/mol. The minimum Gasteiger partial charge on any atom is -0.325 e. The maximum atomic E-state index is 13.0. The minimum absolute atomic E-state index is 0.0235. The summed E-state index contributed by atoms with van der Waals surface area (Å²) in [5.74, 6) is -1.23. The number of amides is 1. The summed E-state index contributed by atoms with van der Waals surface area (Å²) >= 11 is 2.15. The van der Waals surface area contributed by atoms with Gasteiger partial charge in [0.2, 0.25) is 5.91 Å². The first-order valence-corrected chi connectivity index (χ1v) is 10.7. The van der Waals surface area contributed by atoms with Crippen molar-refractivity contribution < 1.29 is 31.1 Å². The molecular weight excluding hydrogens is 480 g/mol. The number of carbonyl (C=O) groups excluding carboxylic acids is 1.